The number of nitrogens with zero attached hydrogens (tertiary/aromatic N) is 1. The van der Waals surface area contributed by atoms with Crippen LogP contribution in [0.25, 0.3) is 0 Å². The fraction of sp³-hybridized carbons (Fsp3) is 0.625. The highest BCUT2D eigenvalue weighted by molar-refractivity contribution is 7.85. The third-order valence-corrected chi connectivity index (χ3v) is 4.95. The average Bonchev–Trinajstić information content (AvgIpc) is 2.41. The van der Waals surface area contributed by atoms with E-state index in [0.717, 1.165) is 38.6 Å². The Bertz CT molecular complexity index is 575. The Morgan fingerprint density at radius 3 is 2.52 bits per heavy atom. The van der Waals surface area contributed by atoms with Crippen molar-refractivity contribution in [3.63, 3.8) is 0 Å². The van der Waals surface area contributed by atoms with Gasteiger partial charge in [0.15, 0.2) is 0 Å². The van der Waals surface area contributed by atoms with E-state index in [0.29, 0.717) is 12.5 Å². The number of benzene rings is 1. The molecule has 1 fully saturated rings. The van der Waals surface area contributed by atoms with Crippen LogP contribution in [-0.2, 0) is 14.3 Å². The lowest BCUT2D eigenvalue weighted by Crippen LogP contribution is -2.34. The van der Waals surface area contributed by atoms with Crippen molar-refractivity contribution in [2.45, 2.75) is 33.1 Å². The van der Waals surface area contributed by atoms with Gasteiger partial charge in [0, 0.05) is 18.8 Å². The van der Waals surface area contributed by atoms with E-state index in [4.69, 9.17) is 4.18 Å². The van der Waals surface area contributed by atoms with E-state index >= 15 is 0 Å². The van der Waals surface area contributed by atoms with Crippen LogP contribution in [0.15, 0.2) is 18.2 Å². The van der Waals surface area contributed by atoms with E-state index in [1.165, 1.54) is 16.8 Å². The van der Waals surface area contributed by atoms with Crippen LogP contribution in [0.4, 0.5) is 5.69 Å². The molecule has 0 spiro atoms. The van der Waals surface area contributed by atoms with Crippen LogP contribution in [0, 0.1) is 19.8 Å². The summed E-state index contributed by atoms with van der Waals surface area (Å²) in [6.45, 7) is 6.71. The van der Waals surface area contributed by atoms with Gasteiger partial charge < -0.3 is 4.90 Å². The Morgan fingerprint density at radius 1 is 1.24 bits per heavy atom. The molecule has 4 nitrogen and oxygen atoms in total. The van der Waals surface area contributed by atoms with E-state index in [1.807, 2.05) is 0 Å². The van der Waals surface area contributed by atoms with Gasteiger partial charge in [-0.1, -0.05) is 12.1 Å². The van der Waals surface area contributed by atoms with E-state index in [1.54, 1.807) is 0 Å². The smallest absolute Gasteiger partial charge is 0.264 e. The lowest BCUT2D eigenvalue weighted by molar-refractivity contribution is 0.264. The molecule has 0 radical (unpaired) electrons. The van der Waals surface area contributed by atoms with Crippen molar-refractivity contribution in [3.8, 4) is 0 Å². The molecule has 0 unspecified atom stereocenters. The highest BCUT2D eigenvalue weighted by Gasteiger charge is 2.21. The first kappa shape index (κ1) is 16.3. The topological polar surface area (TPSA) is 46.6 Å². The lowest BCUT2D eigenvalue weighted by Gasteiger charge is -2.34. The van der Waals surface area contributed by atoms with Crippen LogP contribution in [0.2, 0.25) is 0 Å². The Labute approximate surface area is 128 Å². The van der Waals surface area contributed by atoms with Crippen LogP contribution in [-0.4, -0.2) is 34.4 Å². The Morgan fingerprint density at radius 2 is 1.90 bits per heavy atom. The summed E-state index contributed by atoms with van der Waals surface area (Å²) in [5, 5.41) is 0. The number of hydrogen-bond donors (Lipinski definition) is 0. The maximum atomic E-state index is 10.9. The first-order chi connectivity index (χ1) is 9.87. The van der Waals surface area contributed by atoms with Gasteiger partial charge in [-0.2, -0.15) is 8.42 Å². The van der Waals surface area contributed by atoms with Gasteiger partial charge in [0.25, 0.3) is 10.1 Å². The van der Waals surface area contributed by atoms with Crippen molar-refractivity contribution in [2.75, 3.05) is 30.9 Å². The molecule has 1 heterocycles. The van der Waals surface area contributed by atoms with Gasteiger partial charge in [0.2, 0.25) is 0 Å². The van der Waals surface area contributed by atoms with Gasteiger partial charge in [-0.15, -0.1) is 0 Å². The second kappa shape index (κ2) is 6.79. The molecule has 0 N–H and O–H groups in total. The summed E-state index contributed by atoms with van der Waals surface area (Å²) in [7, 11) is -3.30. The van der Waals surface area contributed by atoms with E-state index in [-0.39, 0.29) is 0 Å². The number of anilines is 1. The maximum absolute atomic E-state index is 10.9. The second-order valence-electron chi connectivity index (χ2n) is 5.96. The molecule has 0 aromatic heterocycles. The Balaban J connectivity index is 1.84. The van der Waals surface area contributed by atoms with Crippen molar-refractivity contribution in [1.82, 2.24) is 0 Å². The summed E-state index contributed by atoms with van der Waals surface area (Å²) >= 11 is 0. The molecule has 0 amide bonds. The lowest BCUT2D eigenvalue weighted by atomic mass is 9.93. The number of rotatable bonds is 5. The Kier molecular flexibility index (Phi) is 5.27. The zero-order chi connectivity index (χ0) is 15.5. The Hall–Kier alpha value is -1.07. The zero-order valence-electron chi connectivity index (χ0n) is 13.1. The SMILES string of the molecule is Cc1cccc(N2CCC(CCOS(C)(=O)=O)CC2)c1C. The van der Waals surface area contributed by atoms with Gasteiger partial charge in [-0.05, 0) is 56.2 Å². The normalized spacial score (nSPS) is 17.2. The van der Waals surface area contributed by atoms with Crippen LogP contribution >= 0.6 is 0 Å². The van der Waals surface area contributed by atoms with Crippen LogP contribution in [0.3, 0.4) is 0 Å². The molecule has 1 aliphatic heterocycles. The molecule has 1 saturated heterocycles. The van der Waals surface area contributed by atoms with Gasteiger partial charge in [-0.3, -0.25) is 4.18 Å². The van der Waals surface area contributed by atoms with Crippen molar-refractivity contribution in [1.29, 1.82) is 0 Å². The molecule has 1 aromatic carbocycles. The van der Waals surface area contributed by atoms with Crippen LogP contribution in [0.1, 0.15) is 30.4 Å². The maximum Gasteiger partial charge on any atom is 0.264 e. The fourth-order valence-corrected chi connectivity index (χ4v) is 3.31. The van der Waals surface area contributed by atoms with Gasteiger partial charge in [0.05, 0.1) is 12.9 Å². The van der Waals surface area contributed by atoms with Crippen molar-refractivity contribution >= 4 is 15.8 Å². The highest BCUT2D eigenvalue weighted by atomic mass is 32.2. The standard InChI is InChI=1S/C16H25NO3S/c1-13-5-4-6-16(14(13)2)17-10-7-15(8-11-17)9-12-20-21(3,18)19/h4-6,15H,7-12H2,1-3H3. The number of piperidine rings is 1. The summed E-state index contributed by atoms with van der Waals surface area (Å²) in [4.78, 5) is 2.44. The largest absolute Gasteiger partial charge is 0.371 e. The first-order valence-electron chi connectivity index (χ1n) is 7.52. The van der Waals surface area contributed by atoms with Crippen molar-refractivity contribution in [2.24, 2.45) is 5.92 Å². The average molecular weight is 311 g/mol. The second-order valence-corrected chi connectivity index (χ2v) is 7.61. The van der Waals surface area contributed by atoms with E-state index < -0.39 is 10.1 Å². The summed E-state index contributed by atoms with van der Waals surface area (Å²) < 4.78 is 26.7. The van der Waals surface area contributed by atoms with Gasteiger partial charge in [0.1, 0.15) is 0 Å². The highest BCUT2D eigenvalue weighted by Crippen LogP contribution is 2.28. The van der Waals surface area contributed by atoms with Crippen molar-refractivity contribution in [3.05, 3.63) is 29.3 Å². The van der Waals surface area contributed by atoms with Gasteiger partial charge in [-0.25, -0.2) is 0 Å². The number of aryl methyl sites for hydroxylation is 1. The molecule has 21 heavy (non-hydrogen) atoms. The number of hydrogen-bond acceptors (Lipinski definition) is 4. The molecule has 0 atom stereocenters. The minimum atomic E-state index is -3.30. The molecule has 1 aliphatic rings. The molecule has 2 rings (SSSR count). The summed E-state index contributed by atoms with van der Waals surface area (Å²) in [5.41, 5.74) is 4.02. The summed E-state index contributed by atoms with van der Waals surface area (Å²) in [5.74, 6) is 0.563. The fourth-order valence-electron chi connectivity index (χ4n) is 2.91. The molecular formula is C16H25NO3S. The molecular weight excluding hydrogens is 286 g/mol. The first-order valence-corrected chi connectivity index (χ1v) is 9.34. The third kappa shape index (κ3) is 4.71. The zero-order valence-corrected chi connectivity index (χ0v) is 13.9. The van der Waals surface area contributed by atoms with Crippen LogP contribution < -0.4 is 4.90 Å². The molecule has 1 aromatic rings. The minimum Gasteiger partial charge on any atom is -0.371 e. The summed E-state index contributed by atoms with van der Waals surface area (Å²) in [6.07, 6.45) is 4.13. The third-order valence-electron chi connectivity index (χ3n) is 4.35. The minimum absolute atomic E-state index is 0.312. The monoisotopic (exact) mass is 311 g/mol. The summed E-state index contributed by atoms with van der Waals surface area (Å²) in [6, 6.07) is 6.45. The van der Waals surface area contributed by atoms with Gasteiger partial charge >= 0.3 is 0 Å². The van der Waals surface area contributed by atoms with E-state index in [2.05, 4.69) is 36.9 Å². The molecule has 0 bridgehead atoms. The van der Waals surface area contributed by atoms with Crippen molar-refractivity contribution < 1.29 is 12.6 Å². The van der Waals surface area contributed by atoms with Crippen LogP contribution in [0.5, 0.6) is 0 Å². The molecule has 118 valence electrons. The van der Waals surface area contributed by atoms with E-state index in [9.17, 15) is 8.42 Å². The predicted molar refractivity (Wildman–Crippen MR) is 86.3 cm³/mol. The quantitative estimate of drug-likeness (QED) is 0.785. The predicted octanol–water partition coefficient (Wildman–Crippen LogP) is 2.89. The molecule has 0 saturated carbocycles. The molecule has 0 aliphatic carbocycles. The molecule has 5 heteroatoms.